The lowest BCUT2D eigenvalue weighted by molar-refractivity contribution is -0.211. The molecule has 7 nitrogen and oxygen atoms in total. The molecule has 0 radical (unpaired) electrons. The summed E-state index contributed by atoms with van der Waals surface area (Å²) in [7, 11) is 0. The summed E-state index contributed by atoms with van der Waals surface area (Å²) in [4.78, 5) is 23.9. The summed E-state index contributed by atoms with van der Waals surface area (Å²) in [6, 6.07) is 2.13. The number of carboxylic acid groups (broad SMARTS) is 1. The van der Waals surface area contributed by atoms with Gasteiger partial charge in [0.1, 0.15) is 29.3 Å². The number of aliphatic carboxylic acids is 1. The van der Waals surface area contributed by atoms with Crippen molar-refractivity contribution in [3.63, 3.8) is 0 Å². The molecule has 2 heterocycles. The van der Waals surface area contributed by atoms with E-state index in [1.54, 1.807) is 4.90 Å². The van der Waals surface area contributed by atoms with Crippen LogP contribution in [0.1, 0.15) is 10.4 Å². The first-order valence-corrected chi connectivity index (χ1v) is 7.36. The van der Waals surface area contributed by atoms with Gasteiger partial charge in [0.05, 0.1) is 26.4 Å². The third-order valence-corrected chi connectivity index (χ3v) is 4.00. The minimum atomic E-state index is -1.30. The van der Waals surface area contributed by atoms with E-state index in [9.17, 15) is 18.4 Å². The Bertz CT molecular complexity index is 655. The van der Waals surface area contributed by atoms with Crippen LogP contribution in [-0.4, -0.2) is 62.0 Å². The first-order valence-electron chi connectivity index (χ1n) is 7.36. The number of rotatable bonds is 4. The molecule has 0 unspecified atom stereocenters. The standard InChI is InChI=1S/C15H16F2N2O5/c16-10-3-9(19-1-2-24-15(6-19)7-23-8-15)4-11(17)13(10)14(22)18-5-12(20)21/h3-4H,1-2,5-8H2,(H,18,22)(H,20,21). The summed E-state index contributed by atoms with van der Waals surface area (Å²) >= 11 is 0. The lowest BCUT2D eigenvalue weighted by Gasteiger charge is -2.48. The predicted octanol–water partition coefficient (Wildman–Crippen LogP) is 0.385. The van der Waals surface area contributed by atoms with Crippen LogP contribution in [-0.2, 0) is 14.3 Å². The van der Waals surface area contributed by atoms with Gasteiger partial charge in [0, 0.05) is 12.2 Å². The molecule has 0 aromatic heterocycles. The van der Waals surface area contributed by atoms with Crippen molar-refractivity contribution in [1.82, 2.24) is 5.32 Å². The summed E-state index contributed by atoms with van der Waals surface area (Å²) in [6.07, 6.45) is 0. The monoisotopic (exact) mass is 342 g/mol. The van der Waals surface area contributed by atoms with E-state index < -0.39 is 41.2 Å². The van der Waals surface area contributed by atoms with E-state index in [0.29, 0.717) is 38.6 Å². The van der Waals surface area contributed by atoms with Crippen molar-refractivity contribution in [2.75, 3.05) is 44.4 Å². The topological polar surface area (TPSA) is 88.1 Å². The third-order valence-electron chi connectivity index (χ3n) is 4.00. The summed E-state index contributed by atoms with van der Waals surface area (Å²) in [5.74, 6) is -4.50. The summed E-state index contributed by atoms with van der Waals surface area (Å²) in [5.41, 5.74) is -0.938. The predicted molar refractivity (Wildman–Crippen MR) is 78.0 cm³/mol. The average Bonchev–Trinajstić information content (AvgIpc) is 2.50. The zero-order valence-electron chi connectivity index (χ0n) is 12.7. The highest BCUT2D eigenvalue weighted by Gasteiger charge is 2.44. The van der Waals surface area contributed by atoms with E-state index in [2.05, 4.69) is 0 Å². The maximum atomic E-state index is 14.2. The van der Waals surface area contributed by atoms with Gasteiger partial charge < -0.3 is 24.8 Å². The molecular weight excluding hydrogens is 326 g/mol. The lowest BCUT2D eigenvalue weighted by Crippen LogP contribution is -2.63. The van der Waals surface area contributed by atoms with Gasteiger partial charge in [0.25, 0.3) is 5.91 Å². The molecule has 2 N–H and O–H groups in total. The fourth-order valence-electron chi connectivity index (χ4n) is 2.77. The number of halogens is 2. The summed E-state index contributed by atoms with van der Waals surface area (Å²) in [6.45, 7) is 1.47. The lowest BCUT2D eigenvalue weighted by atomic mass is 9.99. The number of carbonyl (C=O) groups excluding carboxylic acids is 1. The first-order chi connectivity index (χ1) is 11.4. The van der Waals surface area contributed by atoms with Gasteiger partial charge in [-0.05, 0) is 12.1 Å². The average molecular weight is 342 g/mol. The molecule has 0 saturated carbocycles. The van der Waals surface area contributed by atoms with Crippen molar-refractivity contribution in [1.29, 1.82) is 0 Å². The molecule has 1 spiro atoms. The number of hydrogen-bond acceptors (Lipinski definition) is 5. The van der Waals surface area contributed by atoms with Crippen molar-refractivity contribution in [2.45, 2.75) is 5.60 Å². The number of nitrogens with zero attached hydrogens (tertiary/aromatic N) is 1. The Balaban J connectivity index is 1.79. The van der Waals surface area contributed by atoms with Gasteiger partial charge in [-0.2, -0.15) is 0 Å². The second-order valence-electron chi connectivity index (χ2n) is 5.81. The quantitative estimate of drug-likeness (QED) is 0.823. The molecule has 1 aromatic carbocycles. The van der Waals surface area contributed by atoms with Gasteiger partial charge in [-0.25, -0.2) is 8.78 Å². The Morgan fingerprint density at radius 3 is 2.50 bits per heavy atom. The SMILES string of the molecule is O=C(O)CNC(=O)c1c(F)cc(N2CCOC3(COC3)C2)cc1F. The molecule has 1 aromatic rings. The van der Waals surface area contributed by atoms with Gasteiger partial charge in [-0.3, -0.25) is 9.59 Å². The van der Waals surface area contributed by atoms with E-state index in [-0.39, 0.29) is 0 Å². The minimum Gasteiger partial charge on any atom is -0.480 e. The van der Waals surface area contributed by atoms with Crippen molar-refractivity contribution in [3.05, 3.63) is 29.3 Å². The number of carboxylic acids is 1. The maximum absolute atomic E-state index is 14.2. The van der Waals surface area contributed by atoms with E-state index in [4.69, 9.17) is 14.6 Å². The van der Waals surface area contributed by atoms with E-state index in [1.165, 1.54) is 0 Å². The van der Waals surface area contributed by atoms with Crippen molar-refractivity contribution in [2.24, 2.45) is 0 Å². The van der Waals surface area contributed by atoms with Crippen LogP contribution in [0.15, 0.2) is 12.1 Å². The number of amides is 1. The molecule has 0 atom stereocenters. The molecule has 0 aliphatic carbocycles. The maximum Gasteiger partial charge on any atom is 0.322 e. The molecule has 130 valence electrons. The molecule has 2 aliphatic heterocycles. The number of hydrogen-bond donors (Lipinski definition) is 2. The van der Waals surface area contributed by atoms with Gasteiger partial charge in [-0.15, -0.1) is 0 Å². The third kappa shape index (κ3) is 3.17. The molecule has 2 saturated heterocycles. The summed E-state index contributed by atoms with van der Waals surface area (Å²) < 4.78 is 39.2. The van der Waals surface area contributed by atoms with Gasteiger partial charge in [0.15, 0.2) is 0 Å². The summed E-state index contributed by atoms with van der Waals surface area (Å²) in [5, 5.41) is 10.5. The fraction of sp³-hybridized carbons (Fsp3) is 0.467. The zero-order valence-corrected chi connectivity index (χ0v) is 12.7. The Morgan fingerprint density at radius 2 is 1.96 bits per heavy atom. The highest BCUT2D eigenvalue weighted by Crippen LogP contribution is 2.30. The van der Waals surface area contributed by atoms with Crippen LogP contribution in [0.2, 0.25) is 0 Å². The van der Waals surface area contributed by atoms with Crippen LogP contribution in [0.25, 0.3) is 0 Å². The molecule has 9 heteroatoms. The smallest absolute Gasteiger partial charge is 0.322 e. The Morgan fingerprint density at radius 1 is 1.29 bits per heavy atom. The normalized spacial score (nSPS) is 19.0. The van der Waals surface area contributed by atoms with Crippen LogP contribution in [0.4, 0.5) is 14.5 Å². The molecule has 0 bridgehead atoms. The first kappa shape index (κ1) is 16.6. The second kappa shape index (κ2) is 6.33. The Hall–Kier alpha value is -2.26. The van der Waals surface area contributed by atoms with Crippen LogP contribution < -0.4 is 10.2 Å². The largest absolute Gasteiger partial charge is 0.480 e. The fourth-order valence-corrected chi connectivity index (χ4v) is 2.77. The number of ether oxygens (including phenoxy) is 2. The van der Waals surface area contributed by atoms with Crippen LogP contribution in [0, 0.1) is 11.6 Å². The van der Waals surface area contributed by atoms with Crippen molar-refractivity contribution in [3.8, 4) is 0 Å². The molecule has 2 fully saturated rings. The van der Waals surface area contributed by atoms with Crippen molar-refractivity contribution < 1.29 is 33.0 Å². The van der Waals surface area contributed by atoms with Gasteiger partial charge in [0.2, 0.25) is 0 Å². The van der Waals surface area contributed by atoms with E-state index in [0.717, 1.165) is 12.1 Å². The molecule has 3 rings (SSSR count). The number of morpholine rings is 1. The van der Waals surface area contributed by atoms with E-state index >= 15 is 0 Å². The van der Waals surface area contributed by atoms with Gasteiger partial charge in [-0.1, -0.05) is 0 Å². The number of anilines is 1. The number of benzene rings is 1. The van der Waals surface area contributed by atoms with E-state index in [1.807, 2.05) is 5.32 Å². The number of nitrogens with one attached hydrogen (secondary N) is 1. The minimum absolute atomic E-state index is 0.300. The number of carbonyl (C=O) groups is 2. The van der Waals surface area contributed by atoms with Crippen molar-refractivity contribution >= 4 is 17.6 Å². The van der Waals surface area contributed by atoms with Crippen LogP contribution in [0.5, 0.6) is 0 Å². The highest BCUT2D eigenvalue weighted by molar-refractivity contribution is 5.96. The van der Waals surface area contributed by atoms with Gasteiger partial charge >= 0.3 is 5.97 Å². The van der Waals surface area contributed by atoms with Crippen LogP contribution in [0.3, 0.4) is 0 Å². The van der Waals surface area contributed by atoms with Crippen LogP contribution >= 0.6 is 0 Å². The molecule has 1 amide bonds. The highest BCUT2D eigenvalue weighted by atomic mass is 19.1. The Labute approximate surface area is 136 Å². The second-order valence-corrected chi connectivity index (χ2v) is 5.81. The Kier molecular flexibility index (Phi) is 4.37. The zero-order chi connectivity index (χ0) is 17.3. The molecule has 2 aliphatic rings. The molecular formula is C15H16F2N2O5. The molecule has 24 heavy (non-hydrogen) atoms.